The second kappa shape index (κ2) is 9.54. The van der Waals surface area contributed by atoms with Crippen LogP contribution in [0.15, 0.2) is 48.5 Å². The van der Waals surface area contributed by atoms with Crippen LogP contribution in [0.25, 0.3) is 0 Å². The summed E-state index contributed by atoms with van der Waals surface area (Å²) in [6.07, 6.45) is 1.26. The van der Waals surface area contributed by atoms with E-state index in [4.69, 9.17) is 15.2 Å². The lowest BCUT2D eigenvalue weighted by Crippen LogP contribution is -2.51. The lowest BCUT2D eigenvalue weighted by atomic mass is 9.91. The van der Waals surface area contributed by atoms with Gasteiger partial charge >= 0.3 is 0 Å². The number of nitrogens with one attached hydrogen (secondary N) is 2. The third kappa shape index (κ3) is 5.01. The van der Waals surface area contributed by atoms with Crippen molar-refractivity contribution in [1.82, 2.24) is 5.32 Å². The first-order valence-corrected chi connectivity index (χ1v) is 8.77. The minimum atomic E-state index is -0.796. The lowest BCUT2D eigenvalue weighted by Gasteiger charge is -2.34. The molecular formula is C20H24ClN3O4. The van der Waals surface area contributed by atoms with Crippen molar-refractivity contribution in [3.05, 3.63) is 54.1 Å². The van der Waals surface area contributed by atoms with Gasteiger partial charge in [-0.25, -0.2) is 0 Å². The Labute approximate surface area is 170 Å². The van der Waals surface area contributed by atoms with Gasteiger partial charge in [0.05, 0.1) is 0 Å². The quantitative estimate of drug-likeness (QED) is 0.685. The van der Waals surface area contributed by atoms with Crippen molar-refractivity contribution in [2.24, 2.45) is 5.73 Å². The molecule has 1 aliphatic heterocycles. The average molecular weight is 406 g/mol. The van der Waals surface area contributed by atoms with Crippen LogP contribution in [0.2, 0.25) is 0 Å². The van der Waals surface area contributed by atoms with Gasteiger partial charge in [0.15, 0.2) is 0 Å². The van der Waals surface area contributed by atoms with E-state index < -0.39 is 11.5 Å². The molecule has 0 aromatic heterocycles. The van der Waals surface area contributed by atoms with Crippen molar-refractivity contribution >= 4 is 29.9 Å². The van der Waals surface area contributed by atoms with Crippen molar-refractivity contribution in [2.75, 3.05) is 25.5 Å². The van der Waals surface area contributed by atoms with Crippen LogP contribution in [-0.2, 0) is 9.53 Å². The fourth-order valence-corrected chi connectivity index (χ4v) is 3.05. The van der Waals surface area contributed by atoms with E-state index in [0.29, 0.717) is 35.6 Å². The highest BCUT2D eigenvalue weighted by Gasteiger charge is 2.39. The van der Waals surface area contributed by atoms with E-state index in [2.05, 4.69) is 10.6 Å². The number of carbonyl (C=O) groups excluding carboxylic acids is 2. The van der Waals surface area contributed by atoms with Gasteiger partial charge in [0.25, 0.3) is 5.91 Å². The SMILES string of the molecule is COC1(C(=O)Nc2ccc(Oc3cccc(C(N)=O)c3)cc2)CCNCC1.Cl. The third-order valence-electron chi connectivity index (χ3n) is 4.68. The number of carbonyl (C=O) groups is 2. The summed E-state index contributed by atoms with van der Waals surface area (Å²) in [5.74, 6) is 0.437. The minimum absolute atomic E-state index is 0. The number of hydrogen-bond donors (Lipinski definition) is 3. The predicted molar refractivity (Wildman–Crippen MR) is 109 cm³/mol. The highest BCUT2D eigenvalue weighted by molar-refractivity contribution is 5.97. The molecule has 28 heavy (non-hydrogen) atoms. The Hall–Kier alpha value is -2.61. The smallest absolute Gasteiger partial charge is 0.256 e. The van der Waals surface area contributed by atoms with Crippen LogP contribution in [0, 0.1) is 0 Å². The molecule has 3 rings (SSSR count). The number of amides is 2. The van der Waals surface area contributed by atoms with Gasteiger partial charge in [-0.1, -0.05) is 6.07 Å². The van der Waals surface area contributed by atoms with Crippen LogP contribution in [0.4, 0.5) is 5.69 Å². The molecule has 150 valence electrons. The number of methoxy groups -OCH3 is 1. The average Bonchev–Trinajstić information content (AvgIpc) is 2.70. The van der Waals surface area contributed by atoms with Crippen molar-refractivity contribution in [2.45, 2.75) is 18.4 Å². The normalized spacial score (nSPS) is 15.2. The predicted octanol–water partition coefficient (Wildman–Crippen LogP) is 2.71. The van der Waals surface area contributed by atoms with Crippen LogP contribution in [0.1, 0.15) is 23.2 Å². The summed E-state index contributed by atoms with van der Waals surface area (Å²) in [6.45, 7) is 1.50. The Morgan fingerprint density at radius 1 is 1.07 bits per heavy atom. The van der Waals surface area contributed by atoms with E-state index in [1.54, 1.807) is 55.6 Å². The largest absolute Gasteiger partial charge is 0.457 e. The molecule has 0 atom stereocenters. The monoisotopic (exact) mass is 405 g/mol. The van der Waals surface area contributed by atoms with Gasteiger partial charge < -0.3 is 25.8 Å². The van der Waals surface area contributed by atoms with Gasteiger partial charge in [0.2, 0.25) is 5.91 Å². The molecule has 0 unspecified atom stereocenters. The number of rotatable bonds is 6. The molecule has 2 amide bonds. The van der Waals surface area contributed by atoms with E-state index >= 15 is 0 Å². The maximum absolute atomic E-state index is 12.7. The number of ether oxygens (including phenoxy) is 2. The first-order chi connectivity index (χ1) is 13.0. The van der Waals surface area contributed by atoms with Gasteiger partial charge in [-0.3, -0.25) is 9.59 Å². The molecule has 0 spiro atoms. The van der Waals surface area contributed by atoms with Crippen LogP contribution in [-0.4, -0.2) is 37.6 Å². The molecule has 2 aromatic rings. The minimum Gasteiger partial charge on any atom is -0.457 e. The molecule has 1 fully saturated rings. The number of piperidine rings is 1. The Kier molecular flexibility index (Phi) is 7.39. The highest BCUT2D eigenvalue weighted by atomic mass is 35.5. The molecule has 1 aliphatic rings. The fraction of sp³-hybridized carbons (Fsp3) is 0.300. The van der Waals surface area contributed by atoms with Crippen LogP contribution in [0.3, 0.4) is 0 Å². The third-order valence-corrected chi connectivity index (χ3v) is 4.68. The van der Waals surface area contributed by atoms with Crippen molar-refractivity contribution < 1.29 is 19.1 Å². The zero-order valence-electron chi connectivity index (χ0n) is 15.6. The van der Waals surface area contributed by atoms with Gasteiger partial charge in [0.1, 0.15) is 17.1 Å². The maximum Gasteiger partial charge on any atom is 0.256 e. The standard InChI is InChI=1S/C20H23N3O4.ClH/c1-26-20(9-11-22-12-10-20)19(25)23-15-5-7-16(8-6-15)27-17-4-2-3-14(13-17)18(21)24;/h2-8,13,22H,9-12H2,1H3,(H2,21,24)(H,23,25);1H. The highest BCUT2D eigenvalue weighted by Crippen LogP contribution is 2.27. The second-order valence-corrected chi connectivity index (χ2v) is 6.42. The number of benzene rings is 2. The van der Waals surface area contributed by atoms with Crippen molar-refractivity contribution in [3.63, 3.8) is 0 Å². The molecule has 0 saturated carbocycles. The Balaban J connectivity index is 0.00000280. The molecule has 1 saturated heterocycles. The zero-order chi connectivity index (χ0) is 19.3. The summed E-state index contributed by atoms with van der Waals surface area (Å²) < 4.78 is 11.3. The number of anilines is 1. The summed E-state index contributed by atoms with van der Waals surface area (Å²) in [6, 6.07) is 13.7. The maximum atomic E-state index is 12.7. The molecule has 4 N–H and O–H groups in total. The molecule has 2 aromatic carbocycles. The van der Waals surface area contributed by atoms with Crippen molar-refractivity contribution in [1.29, 1.82) is 0 Å². The van der Waals surface area contributed by atoms with E-state index in [1.807, 2.05) is 0 Å². The van der Waals surface area contributed by atoms with Gasteiger partial charge in [-0.15, -0.1) is 12.4 Å². The molecule has 7 nitrogen and oxygen atoms in total. The number of hydrogen-bond acceptors (Lipinski definition) is 5. The van der Waals surface area contributed by atoms with E-state index in [0.717, 1.165) is 13.1 Å². The van der Waals surface area contributed by atoms with Gasteiger partial charge in [-0.2, -0.15) is 0 Å². The van der Waals surface area contributed by atoms with Crippen molar-refractivity contribution in [3.8, 4) is 11.5 Å². The van der Waals surface area contributed by atoms with E-state index in [9.17, 15) is 9.59 Å². The molecule has 0 radical (unpaired) electrons. The summed E-state index contributed by atoms with van der Waals surface area (Å²) in [4.78, 5) is 23.9. The topological polar surface area (TPSA) is 103 Å². The van der Waals surface area contributed by atoms with Gasteiger partial charge in [-0.05, 0) is 68.4 Å². The summed E-state index contributed by atoms with van der Waals surface area (Å²) >= 11 is 0. The molecule has 0 bridgehead atoms. The van der Waals surface area contributed by atoms with Crippen LogP contribution in [0.5, 0.6) is 11.5 Å². The Morgan fingerprint density at radius 2 is 1.75 bits per heavy atom. The Bertz CT molecular complexity index is 820. The first-order valence-electron chi connectivity index (χ1n) is 8.77. The number of halogens is 1. The molecule has 0 aliphatic carbocycles. The number of primary amides is 1. The number of nitrogens with two attached hydrogens (primary N) is 1. The summed E-state index contributed by atoms with van der Waals surface area (Å²) in [7, 11) is 1.57. The van der Waals surface area contributed by atoms with Crippen LogP contribution >= 0.6 is 12.4 Å². The van der Waals surface area contributed by atoms with Gasteiger partial charge in [0, 0.05) is 18.4 Å². The van der Waals surface area contributed by atoms with E-state index in [-0.39, 0.29) is 18.3 Å². The summed E-state index contributed by atoms with van der Waals surface area (Å²) in [5, 5.41) is 6.14. The molecule has 1 heterocycles. The fourth-order valence-electron chi connectivity index (χ4n) is 3.05. The zero-order valence-corrected chi connectivity index (χ0v) is 16.4. The second-order valence-electron chi connectivity index (χ2n) is 6.42. The first kappa shape index (κ1) is 21.7. The molecular weight excluding hydrogens is 382 g/mol. The van der Waals surface area contributed by atoms with E-state index in [1.165, 1.54) is 0 Å². The Morgan fingerprint density at radius 3 is 2.36 bits per heavy atom. The lowest BCUT2D eigenvalue weighted by molar-refractivity contribution is -0.140. The van der Waals surface area contributed by atoms with Crippen LogP contribution < -0.4 is 21.1 Å². The molecule has 8 heteroatoms. The summed E-state index contributed by atoms with van der Waals surface area (Å²) in [5.41, 5.74) is 5.52.